The van der Waals surface area contributed by atoms with Gasteiger partial charge >= 0.3 is 0 Å². The molecule has 0 amide bonds. The summed E-state index contributed by atoms with van der Waals surface area (Å²) in [7, 11) is 0. The van der Waals surface area contributed by atoms with Crippen molar-refractivity contribution in [1.29, 1.82) is 0 Å². The van der Waals surface area contributed by atoms with Gasteiger partial charge < -0.3 is 14.8 Å². The Bertz CT molecular complexity index is 647. The van der Waals surface area contributed by atoms with Crippen LogP contribution < -0.4 is 14.8 Å². The Kier molecular flexibility index (Phi) is 4.74. The van der Waals surface area contributed by atoms with Crippen LogP contribution in [0.2, 0.25) is 4.34 Å². The van der Waals surface area contributed by atoms with Crippen LogP contribution in [0.4, 0.5) is 0 Å². The molecule has 1 aromatic carbocycles. The maximum atomic E-state index is 5.98. The van der Waals surface area contributed by atoms with Crippen molar-refractivity contribution in [1.82, 2.24) is 5.32 Å². The Morgan fingerprint density at radius 1 is 1.33 bits per heavy atom. The van der Waals surface area contributed by atoms with Crippen LogP contribution in [-0.2, 0) is 6.54 Å². The molecule has 1 aromatic heterocycles. The van der Waals surface area contributed by atoms with Gasteiger partial charge in [-0.25, -0.2) is 0 Å². The Balaban J connectivity index is 1.69. The molecule has 6 heteroatoms. The highest BCUT2D eigenvalue weighted by molar-refractivity contribution is 9.10. The lowest BCUT2D eigenvalue weighted by Gasteiger charge is -2.21. The molecule has 1 aliphatic rings. The van der Waals surface area contributed by atoms with Crippen molar-refractivity contribution in [2.75, 3.05) is 13.2 Å². The molecule has 2 aromatic rings. The van der Waals surface area contributed by atoms with Crippen molar-refractivity contribution < 1.29 is 9.47 Å². The van der Waals surface area contributed by atoms with Crippen LogP contribution in [0.25, 0.3) is 0 Å². The number of halogens is 2. The second kappa shape index (κ2) is 6.57. The molecule has 3 rings (SSSR count). The van der Waals surface area contributed by atoms with E-state index in [-0.39, 0.29) is 6.04 Å². The topological polar surface area (TPSA) is 30.5 Å². The first-order valence-corrected chi connectivity index (χ1v) is 8.69. The molecule has 0 spiro atoms. The first-order valence-electron chi connectivity index (χ1n) is 6.70. The van der Waals surface area contributed by atoms with E-state index in [1.165, 1.54) is 4.88 Å². The van der Waals surface area contributed by atoms with E-state index in [9.17, 15) is 0 Å². The van der Waals surface area contributed by atoms with E-state index in [2.05, 4.69) is 40.3 Å². The van der Waals surface area contributed by atoms with Gasteiger partial charge in [0.2, 0.25) is 0 Å². The third kappa shape index (κ3) is 3.54. The summed E-state index contributed by atoms with van der Waals surface area (Å²) in [6.45, 7) is 4.08. The fourth-order valence-electron chi connectivity index (χ4n) is 2.20. The van der Waals surface area contributed by atoms with Gasteiger partial charge in [-0.05, 0) is 52.7 Å². The van der Waals surface area contributed by atoms with Gasteiger partial charge in [-0.3, -0.25) is 0 Å². The average molecular weight is 389 g/mol. The highest BCUT2D eigenvalue weighted by atomic mass is 79.9. The highest BCUT2D eigenvalue weighted by Gasteiger charge is 2.16. The molecule has 21 heavy (non-hydrogen) atoms. The van der Waals surface area contributed by atoms with Crippen LogP contribution in [0.5, 0.6) is 11.5 Å². The summed E-state index contributed by atoms with van der Waals surface area (Å²) in [5, 5.41) is 3.50. The van der Waals surface area contributed by atoms with Crippen LogP contribution in [0, 0.1) is 0 Å². The molecule has 0 aliphatic carbocycles. The first-order chi connectivity index (χ1) is 10.1. The van der Waals surface area contributed by atoms with Gasteiger partial charge in [0.1, 0.15) is 13.2 Å². The lowest BCUT2D eigenvalue weighted by Crippen LogP contribution is -2.19. The van der Waals surface area contributed by atoms with Crippen molar-refractivity contribution in [2.45, 2.75) is 19.5 Å². The first kappa shape index (κ1) is 15.2. The van der Waals surface area contributed by atoms with Gasteiger partial charge in [0.05, 0.1) is 8.81 Å². The number of hydrogen-bond acceptors (Lipinski definition) is 4. The fraction of sp³-hybridized carbons (Fsp3) is 0.333. The van der Waals surface area contributed by atoms with Crippen LogP contribution in [0.1, 0.15) is 23.4 Å². The quantitative estimate of drug-likeness (QED) is 0.817. The van der Waals surface area contributed by atoms with Gasteiger partial charge in [0.25, 0.3) is 0 Å². The zero-order valence-electron chi connectivity index (χ0n) is 11.5. The molecular weight excluding hydrogens is 374 g/mol. The van der Waals surface area contributed by atoms with Crippen molar-refractivity contribution >= 4 is 38.9 Å². The SMILES string of the molecule is CC(NCc1cc(Br)c2c(c1)OCCO2)c1ccc(Cl)s1. The molecule has 0 saturated heterocycles. The van der Waals surface area contributed by atoms with Gasteiger partial charge in [-0.15, -0.1) is 11.3 Å². The molecule has 2 heterocycles. The van der Waals surface area contributed by atoms with Crippen LogP contribution in [-0.4, -0.2) is 13.2 Å². The lowest BCUT2D eigenvalue weighted by atomic mass is 10.1. The zero-order valence-corrected chi connectivity index (χ0v) is 14.6. The number of nitrogens with one attached hydrogen (secondary N) is 1. The van der Waals surface area contributed by atoms with E-state index in [1.54, 1.807) is 11.3 Å². The Hall–Kier alpha value is -0.750. The summed E-state index contributed by atoms with van der Waals surface area (Å²) in [5.74, 6) is 1.60. The Morgan fingerprint density at radius 3 is 2.90 bits per heavy atom. The maximum Gasteiger partial charge on any atom is 0.175 e. The number of fused-ring (bicyclic) bond motifs is 1. The largest absolute Gasteiger partial charge is 0.486 e. The normalized spacial score (nSPS) is 15.0. The minimum atomic E-state index is 0.259. The molecule has 0 radical (unpaired) electrons. The summed E-state index contributed by atoms with van der Waals surface area (Å²) in [6, 6.07) is 8.34. The lowest BCUT2D eigenvalue weighted by molar-refractivity contribution is 0.170. The van der Waals surface area contributed by atoms with Gasteiger partial charge in [-0.1, -0.05) is 11.6 Å². The minimum absolute atomic E-state index is 0.259. The number of rotatable bonds is 4. The van der Waals surface area contributed by atoms with Crippen molar-refractivity contribution in [3.05, 3.63) is 43.5 Å². The molecule has 112 valence electrons. The number of hydrogen-bond donors (Lipinski definition) is 1. The Labute approximate surface area is 141 Å². The van der Waals surface area contributed by atoms with E-state index < -0.39 is 0 Å². The van der Waals surface area contributed by atoms with Crippen molar-refractivity contribution in [2.24, 2.45) is 0 Å². The summed E-state index contributed by atoms with van der Waals surface area (Å²) in [5.41, 5.74) is 1.15. The summed E-state index contributed by atoms with van der Waals surface area (Å²) < 4.78 is 13.0. The van der Waals surface area contributed by atoms with Gasteiger partial charge in [0, 0.05) is 17.5 Å². The zero-order chi connectivity index (χ0) is 14.8. The molecule has 0 fully saturated rings. The molecule has 3 nitrogen and oxygen atoms in total. The second-order valence-corrected chi connectivity index (χ2v) is 7.45. The standard InChI is InChI=1S/C15H15BrClNO2S/c1-9(13-2-3-14(17)21-13)18-8-10-6-11(16)15-12(7-10)19-4-5-20-15/h2-3,6-7,9,18H,4-5,8H2,1H3. The maximum absolute atomic E-state index is 5.98. The van der Waals surface area contributed by atoms with Gasteiger partial charge in [-0.2, -0.15) is 0 Å². The summed E-state index contributed by atoms with van der Waals surface area (Å²) in [6.07, 6.45) is 0. The third-order valence-electron chi connectivity index (χ3n) is 3.29. The van der Waals surface area contributed by atoms with Gasteiger partial charge in [0.15, 0.2) is 11.5 Å². The summed E-state index contributed by atoms with van der Waals surface area (Å²) >= 11 is 11.1. The minimum Gasteiger partial charge on any atom is -0.486 e. The Morgan fingerprint density at radius 2 is 2.14 bits per heavy atom. The molecular formula is C15H15BrClNO2S. The molecule has 1 N–H and O–H groups in total. The van der Waals surface area contributed by atoms with E-state index in [4.69, 9.17) is 21.1 Å². The van der Waals surface area contributed by atoms with Crippen LogP contribution in [0.3, 0.4) is 0 Å². The molecule has 1 atom stereocenters. The predicted octanol–water partition coefficient (Wildman–Crippen LogP) is 4.79. The molecule has 1 unspecified atom stereocenters. The highest BCUT2D eigenvalue weighted by Crippen LogP contribution is 2.38. The third-order valence-corrected chi connectivity index (χ3v) is 5.29. The number of benzene rings is 1. The molecule has 0 saturated carbocycles. The number of thiophene rings is 1. The van der Waals surface area contributed by atoms with Crippen LogP contribution >= 0.6 is 38.9 Å². The van der Waals surface area contributed by atoms with E-state index in [0.29, 0.717) is 13.2 Å². The van der Waals surface area contributed by atoms with E-state index >= 15 is 0 Å². The molecule has 1 aliphatic heterocycles. The average Bonchev–Trinajstić information content (AvgIpc) is 2.91. The monoisotopic (exact) mass is 387 g/mol. The predicted molar refractivity (Wildman–Crippen MR) is 89.7 cm³/mol. The number of ether oxygens (including phenoxy) is 2. The smallest absolute Gasteiger partial charge is 0.175 e. The molecule has 0 bridgehead atoms. The van der Waals surface area contributed by atoms with Crippen LogP contribution in [0.15, 0.2) is 28.7 Å². The fourth-order valence-corrected chi connectivity index (χ4v) is 3.89. The van der Waals surface area contributed by atoms with Crippen molar-refractivity contribution in [3.63, 3.8) is 0 Å². The van der Waals surface area contributed by atoms with Crippen molar-refractivity contribution in [3.8, 4) is 11.5 Å². The van der Waals surface area contributed by atoms with E-state index in [0.717, 1.165) is 32.4 Å². The van der Waals surface area contributed by atoms with E-state index in [1.807, 2.05) is 12.1 Å². The summed E-state index contributed by atoms with van der Waals surface area (Å²) in [4.78, 5) is 1.23. The second-order valence-electron chi connectivity index (χ2n) is 4.85.